The summed E-state index contributed by atoms with van der Waals surface area (Å²) in [5.41, 5.74) is 1.29. The Morgan fingerprint density at radius 3 is 2.58 bits per heavy atom. The van der Waals surface area contributed by atoms with Gasteiger partial charge in [0.15, 0.2) is 5.78 Å². The molecule has 0 N–H and O–H groups in total. The molecule has 134 valence electrons. The first-order valence-electron chi connectivity index (χ1n) is 8.13. The molecule has 2 heterocycles. The van der Waals surface area contributed by atoms with Gasteiger partial charge in [0, 0.05) is 13.2 Å². The van der Waals surface area contributed by atoms with Crippen LogP contribution in [0.1, 0.15) is 27.6 Å². The number of aromatic nitrogens is 2. The smallest absolute Gasteiger partial charge is 0.189 e. The molecule has 6 heteroatoms. The number of carbonyl (C=O) groups excluding carboxylic acids is 1. The zero-order chi connectivity index (χ0) is 18.5. The van der Waals surface area contributed by atoms with E-state index in [1.807, 2.05) is 37.3 Å². The first-order valence-corrected chi connectivity index (χ1v) is 8.13. The molecule has 0 saturated heterocycles. The standard InChI is InChI=1S/C20H20N2O4/c1-14-19(12-22(2)21-14)20(23)11-10-17-8-9-18(26-17)13-25-16-6-4-15(24-3)5-7-16/h4-12H,13H2,1-3H3/b11-10+. The van der Waals surface area contributed by atoms with Crippen molar-refractivity contribution in [3.63, 3.8) is 0 Å². The lowest BCUT2D eigenvalue weighted by Crippen LogP contribution is -1.94. The maximum Gasteiger partial charge on any atom is 0.189 e. The number of furan rings is 1. The van der Waals surface area contributed by atoms with Crippen molar-refractivity contribution in [1.82, 2.24) is 9.78 Å². The Labute approximate surface area is 151 Å². The Hall–Kier alpha value is -3.28. The highest BCUT2D eigenvalue weighted by molar-refractivity contribution is 6.07. The van der Waals surface area contributed by atoms with Gasteiger partial charge in [-0.3, -0.25) is 9.48 Å². The van der Waals surface area contributed by atoms with Crippen LogP contribution >= 0.6 is 0 Å². The molecule has 3 rings (SSSR count). The summed E-state index contributed by atoms with van der Waals surface area (Å²) in [5, 5.41) is 4.17. The largest absolute Gasteiger partial charge is 0.497 e. The van der Waals surface area contributed by atoms with Crippen LogP contribution < -0.4 is 9.47 Å². The van der Waals surface area contributed by atoms with E-state index in [9.17, 15) is 4.79 Å². The molecule has 0 saturated carbocycles. The van der Waals surface area contributed by atoms with Crippen LogP contribution in [0.3, 0.4) is 0 Å². The van der Waals surface area contributed by atoms with Gasteiger partial charge in [0.25, 0.3) is 0 Å². The predicted molar refractivity (Wildman–Crippen MR) is 97.3 cm³/mol. The molecular weight excluding hydrogens is 332 g/mol. The van der Waals surface area contributed by atoms with E-state index >= 15 is 0 Å². The van der Waals surface area contributed by atoms with Gasteiger partial charge in [-0.05, 0) is 55.5 Å². The summed E-state index contributed by atoms with van der Waals surface area (Å²) in [6.45, 7) is 2.11. The van der Waals surface area contributed by atoms with Gasteiger partial charge < -0.3 is 13.9 Å². The van der Waals surface area contributed by atoms with Gasteiger partial charge in [0.1, 0.15) is 29.6 Å². The van der Waals surface area contributed by atoms with Crippen molar-refractivity contribution in [3.05, 3.63) is 71.4 Å². The van der Waals surface area contributed by atoms with Crippen LogP contribution in [0.5, 0.6) is 11.5 Å². The van der Waals surface area contributed by atoms with Crippen LogP contribution in [0.25, 0.3) is 6.08 Å². The molecule has 6 nitrogen and oxygen atoms in total. The number of nitrogens with zero attached hydrogens (tertiary/aromatic N) is 2. The molecule has 0 bridgehead atoms. The number of methoxy groups -OCH3 is 1. The molecule has 0 atom stereocenters. The Balaban J connectivity index is 1.58. The Morgan fingerprint density at radius 2 is 1.92 bits per heavy atom. The molecule has 0 spiro atoms. The highest BCUT2D eigenvalue weighted by Crippen LogP contribution is 2.19. The van der Waals surface area contributed by atoms with Crippen molar-refractivity contribution in [1.29, 1.82) is 0 Å². The molecule has 2 aromatic heterocycles. The van der Waals surface area contributed by atoms with Crippen molar-refractivity contribution in [3.8, 4) is 11.5 Å². The minimum atomic E-state index is -0.108. The molecule has 0 fully saturated rings. The van der Waals surface area contributed by atoms with Crippen LogP contribution in [-0.4, -0.2) is 22.7 Å². The summed E-state index contributed by atoms with van der Waals surface area (Å²) in [5.74, 6) is 2.65. The Kier molecular flexibility index (Phi) is 5.22. The number of ether oxygens (including phenoxy) is 2. The molecule has 0 amide bonds. The minimum Gasteiger partial charge on any atom is -0.497 e. The highest BCUT2D eigenvalue weighted by Gasteiger charge is 2.10. The van der Waals surface area contributed by atoms with E-state index in [1.165, 1.54) is 6.08 Å². The number of carbonyl (C=O) groups is 1. The zero-order valence-corrected chi connectivity index (χ0v) is 14.9. The van der Waals surface area contributed by atoms with Gasteiger partial charge in [-0.15, -0.1) is 0 Å². The van der Waals surface area contributed by atoms with Gasteiger partial charge in [-0.1, -0.05) is 0 Å². The summed E-state index contributed by atoms with van der Waals surface area (Å²) in [4.78, 5) is 12.2. The normalized spacial score (nSPS) is 11.0. The number of hydrogen-bond donors (Lipinski definition) is 0. The number of benzene rings is 1. The number of hydrogen-bond acceptors (Lipinski definition) is 5. The number of rotatable bonds is 7. The van der Waals surface area contributed by atoms with E-state index in [2.05, 4.69) is 5.10 Å². The molecule has 1 aromatic carbocycles. The van der Waals surface area contributed by atoms with Crippen molar-refractivity contribution < 1.29 is 18.7 Å². The quantitative estimate of drug-likeness (QED) is 0.478. The topological polar surface area (TPSA) is 66.5 Å². The molecule has 0 aliphatic carbocycles. The summed E-state index contributed by atoms with van der Waals surface area (Å²) in [7, 11) is 3.41. The van der Waals surface area contributed by atoms with Gasteiger partial charge in [0.2, 0.25) is 0 Å². The Morgan fingerprint density at radius 1 is 1.19 bits per heavy atom. The number of ketones is 1. The fraction of sp³-hybridized carbons (Fsp3) is 0.200. The first kappa shape index (κ1) is 17.5. The van der Waals surface area contributed by atoms with Gasteiger partial charge in [-0.2, -0.15) is 5.10 Å². The minimum absolute atomic E-state index is 0.108. The lowest BCUT2D eigenvalue weighted by atomic mass is 10.1. The molecular formula is C20H20N2O4. The van der Waals surface area contributed by atoms with Crippen molar-refractivity contribution in [2.24, 2.45) is 7.05 Å². The van der Waals surface area contributed by atoms with Crippen LogP contribution in [-0.2, 0) is 13.7 Å². The third-order valence-corrected chi connectivity index (χ3v) is 3.80. The van der Waals surface area contributed by atoms with Crippen LogP contribution in [0, 0.1) is 6.92 Å². The summed E-state index contributed by atoms with van der Waals surface area (Å²) >= 11 is 0. The first-order chi connectivity index (χ1) is 12.5. The van der Waals surface area contributed by atoms with E-state index in [1.54, 1.807) is 37.2 Å². The molecule has 0 radical (unpaired) electrons. The molecule has 26 heavy (non-hydrogen) atoms. The second-order valence-electron chi connectivity index (χ2n) is 5.77. The van der Waals surface area contributed by atoms with Crippen LogP contribution in [0.2, 0.25) is 0 Å². The second kappa shape index (κ2) is 7.74. The van der Waals surface area contributed by atoms with Gasteiger partial charge >= 0.3 is 0 Å². The molecule has 0 aliphatic heterocycles. The van der Waals surface area contributed by atoms with E-state index in [-0.39, 0.29) is 5.78 Å². The maximum atomic E-state index is 12.2. The molecule has 0 aliphatic rings. The van der Waals surface area contributed by atoms with E-state index in [0.29, 0.717) is 29.4 Å². The molecule has 3 aromatic rings. The van der Waals surface area contributed by atoms with E-state index in [4.69, 9.17) is 13.9 Å². The lowest BCUT2D eigenvalue weighted by molar-refractivity contribution is 0.104. The van der Waals surface area contributed by atoms with E-state index in [0.717, 1.165) is 11.5 Å². The zero-order valence-electron chi connectivity index (χ0n) is 14.9. The summed E-state index contributed by atoms with van der Waals surface area (Å²) in [6.07, 6.45) is 4.83. The average Bonchev–Trinajstić information content (AvgIpc) is 3.24. The fourth-order valence-corrected chi connectivity index (χ4v) is 2.48. The third-order valence-electron chi connectivity index (χ3n) is 3.80. The van der Waals surface area contributed by atoms with Crippen molar-refractivity contribution >= 4 is 11.9 Å². The summed E-state index contributed by atoms with van der Waals surface area (Å²) in [6, 6.07) is 10.9. The van der Waals surface area contributed by atoms with Crippen molar-refractivity contribution in [2.45, 2.75) is 13.5 Å². The number of aryl methyl sites for hydroxylation is 2. The number of allylic oxidation sites excluding steroid dienone is 1. The average molecular weight is 352 g/mol. The summed E-state index contributed by atoms with van der Waals surface area (Å²) < 4.78 is 18.1. The Bertz CT molecular complexity index is 920. The molecule has 0 unspecified atom stereocenters. The maximum absolute atomic E-state index is 12.2. The SMILES string of the molecule is COc1ccc(OCc2ccc(/C=C/C(=O)c3cn(C)nc3C)o2)cc1. The highest BCUT2D eigenvalue weighted by atomic mass is 16.5. The fourth-order valence-electron chi connectivity index (χ4n) is 2.48. The predicted octanol–water partition coefficient (Wildman–Crippen LogP) is 3.81. The second-order valence-corrected chi connectivity index (χ2v) is 5.77. The van der Waals surface area contributed by atoms with Crippen molar-refractivity contribution in [2.75, 3.05) is 7.11 Å². The van der Waals surface area contributed by atoms with Gasteiger partial charge in [-0.25, -0.2) is 0 Å². The van der Waals surface area contributed by atoms with Crippen LogP contribution in [0.4, 0.5) is 0 Å². The van der Waals surface area contributed by atoms with Gasteiger partial charge in [0.05, 0.1) is 18.4 Å². The lowest BCUT2D eigenvalue weighted by Gasteiger charge is -2.05. The van der Waals surface area contributed by atoms with Crippen LogP contribution in [0.15, 0.2) is 53.1 Å². The third kappa shape index (κ3) is 4.22. The van der Waals surface area contributed by atoms with E-state index < -0.39 is 0 Å². The monoisotopic (exact) mass is 352 g/mol.